The molecule has 1 fully saturated rings. The highest BCUT2D eigenvalue weighted by atomic mass is 32.2. The standard InChI is InChI=1S/C14H26N2O3S/c1-19-14(18)7-5-8-15-13(17)11-16-9-4-3-6-12(10-16)20-2/h12H,3-11H2,1-2H3,(H,15,17). The van der Waals surface area contributed by atoms with Gasteiger partial charge < -0.3 is 10.1 Å². The van der Waals surface area contributed by atoms with Gasteiger partial charge in [0.25, 0.3) is 0 Å². The summed E-state index contributed by atoms with van der Waals surface area (Å²) < 4.78 is 4.55. The third-order valence-electron chi connectivity index (χ3n) is 3.52. The van der Waals surface area contributed by atoms with Crippen LogP contribution in [0.2, 0.25) is 0 Å². The Morgan fingerprint density at radius 2 is 2.20 bits per heavy atom. The number of carbonyl (C=O) groups is 2. The molecule has 5 nitrogen and oxygen atoms in total. The number of likely N-dealkylation sites (tertiary alicyclic amines) is 1. The van der Waals surface area contributed by atoms with Crippen LogP contribution in [-0.2, 0) is 14.3 Å². The number of thioether (sulfide) groups is 1. The van der Waals surface area contributed by atoms with Gasteiger partial charge in [-0.15, -0.1) is 0 Å². The summed E-state index contributed by atoms with van der Waals surface area (Å²) >= 11 is 1.89. The van der Waals surface area contributed by atoms with Crippen LogP contribution in [0.15, 0.2) is 0 Å². The van der Waals surface area contributed by atoms with E-state index in [1.54, 1.807) is 0 Å². The van der Waals surface area contributed by atoms with Gasteiger partial charge in [-0.3, -0.25) is 14.5 Å². The molecule has 1 unspecified atom stereocenters. The van der Waals surface area contributed by atoms with Crippen LogP contribution in [0.4, 0.5) is 0 Å². The summed E-state index contributed by atoms with van der Waals surface area (Å²) in [6.07, 6.45) is 6.80. The van der Waals surface area contributed by atoms with Crippen molar-refractivity contribution in [1.82, 2.24) is 10.2 Å². The van der Waals surface area contributed by atoms with Crippen molar-refractivity contribution < 1.29 is 14.3 Å². The fourth-order valence-corrected chi connectivity index (χ4v) is 3.10. The van der Waals surface area contributed by atoms with Crippen molar-refractivity contribution in [2.75, 3.05) is 39.5 Å². The topological polar surface area (TPSA) is 58.6 Å². The van der Waals surface area contributed by atoms with Gasteiger partial charge in [0.1, 0.15) is 0 Å². The molecule has 0 bridgehead atoms. The van der Waals surface area contributed by atoms with Gasteiger partial charge in [0.15, 0.2) is 0 Å². The Hall–Kier alpha value is -0.750. The lowest BCUT2D eigenvalue weighted by atomic mass is 10.2. The average molecular weight is 302 g/mol. The molecule has 1 N–H and O–H groups in total. The van der Waals surface area contributed by atoms with E-state index in [1.807, 2.05) is 11.8 Å². The smallest absolute Gasteiger partial charge is 0.305 e. The van der Waals surface area contributed by atoms with Crippen molar-refractivity contribution in [3.8, 4) is 0 Å². The summed E-state index contributed by atoms with van der Waals surface area (Å²) in [5, 5.41) is 3.51. The first-order valence-corrected chi connectivity index (χ1v) is 8.53. The Kier molecular flexibility index (Phi) is 8.69. The van der Waals surface area contributed by atoms with E-state index in [1.165, 1.54) is 26.4 Å². The van der Waals surface area contributed by atoms with Crippen molar-refractivity contribution in [1.29, 1.82) is 0 Å². The van der Waals surface area contributed by atoms with Gasteiger partial charge >= 0.3 is 5.97 Å². The zero-order valence-electron chi connectivity index (χ0n) is 12.5. The normalized spacial score (nSPS) is 20.2. The third kappa shape index (κ3) is 7.14. The van der Waals surface area contributed by atoms with Crippen LogP contribution in [0.3, 0.4) is 0 Å². The Labute approximate surface area is 125 Å². The van der Waals surface area contributed by atoms with Crippen LogP contribution < -0.4 is 5.32 Å². The highest BCUT2D eigenvalue weighted by Crippen LogP contribution is 2.19. The van der Waals surface area contributed by atoms with Crippen molar-refractivity contribution in [2.24, 2.45) is 0 Å². The van der Waals surface area contributed by atoms with Crippen molar-refractivity contribution >= 4 is 23.6 Å². The van der Waals surface area contributed by atoms with Gasteiger partial charge in [0.2, 0.25) is 5.91 Å². The molecule has 1 aliphatic heterocycles. The molecule has 0 radical (unpaired) electrons. The molecule has 0 aromatic rings. The summed E-state index contributed by atoms with van der Waals surface area (Å²) in [7, 11) is 1.38. The number of nitrogens with one attached hydrogen (secondary N) is 1. The number of carbonyl (C=O) groups excluding carboxylic acids is 2. The summed E-state index contributed by atoms with van der Waals surface area (Å²) in [5.74, 6) is -0.175. The molecule has 0 aromatic carbocycles. The molecule has 1 rings (SSSR count). The SMILES string of the molecule is COC(=O)CCCNC(=O)CN1CCCCC(SC)C1. The van der Waals surface area contributed by atoms with Gasteiger partial charge in [0, 0.05) is 24.8 Å². The first-order chi connectivity index (χ1) is 9.65. The number of nitrogens with zero attached hydrogens (tertiary/aromatic N) is 1. The van der Waals surface area contributed by atoms with E-state index in [0.29, 0.717) is 31.2 Å². The molecule has 116 valence electrons. The van der Waals surface area contributed by atoms with Crippen LogP contribution in [0.25, 0.3) is 0 Å². The molecular formula is C14H26N2O3S. The molecule has 1 heterocycles. The largest absolute Gasteiger partial charge is 0.469 e. The number of esters is 1. The quantitative estimate of drug-likeness (QED) is 0.567. The fraction of sp³-hybridized carbons (Fsp3) is 0.857. The van der Waals surface area contributed by atoms with Crippen LogP contribution in [0.5, 0.6) is 0 Å². The Bertz CT molecular complexity index is 313. The summed E-state index contributed by atoms with van der Waals surface area (Å²) in [4.78, 5) is 25.0. The molecule has 0 saturated carbocycles. The van der Waals surface area contributed by atoms with Crippen LogP contribution >= 0.6 is 11.8 Å². The van der Waals surface area contributed by atoms with E-state index in [0.717, 1.165) is 13.1 Å². The lowest BCUT2D eigenvalue weighted by Crippen LogP contribution is -2.40. The van der Waals surface area contributed by atoms with E-state index < -0.39 is 0 Å². The Morgan fingerprint density at radius 3 is 2.90 bits per heavy atom. The lowest BCUT2D eigenvalue weighted by Gasteiger charge is -2.22. The molecular weight excluding hydrogens is 276 g/mol. The van der Waals surface area contributed by atoms with E-state index in [2.05, 4.69) is 21.2 Å². The zero-order chi connectivity index (χ0) is 14.8. The predicted octanol–water partition coefficient (Wildman–Crippen LogP) is 1.27. The van der Waals surface area contributed by atoms with Gasteiger partial charge in [-0.05, 0) is 32.1 Å². The maximum atomic E-state index is 11.9. The summed E-state index contributed by atoms with van der Waals surface area (Å²) in [5.41, 5.74) is 0. The molecule has 0 aromatic heterocycles. The average Bonchev–Trinajstić information content (AvgIpc) is 2.68. The number of hydrogen-bond donors (Lipinski definition) is 1. The molecule has 1 atom stereocenters. The van der Waals surface area contributed by atoms with Crippen molar-refractivity contribution in [3.05, 3.63) is 0 Å². The van der Waals surface area contributed by atoms with E-state index in [4.69, 9.17) is 0 Å². The molecule has 1 amide bonds. The minimum Gasteiger partial charge on any atom is -0.469 e. The molecule has 1 saturated heterocycles. The molecule has 0 spiro atoms. The Balaban J connectivity index is 2.18. The Morgan fingerprint density at radius 1 is 1.40 bits per heavy atom. The summed E-state index contributed by atoms with van der Waals surface area (Å²) in [6.45, 7) is 3.01. The van der Waals surface area contributed by atoms with Gasteiger partial charge in [0.05, 0.1) is 13.7 Å². The van der Waals surface area contributed by atoms with Crippen molar-refractivity contribution in [2.45, 2.75) is 37.4 Å². The fourth-order valence-electron chi connectivity index (χ4n) is 2.34. The van der Waals surface area contributed by atoms with E-state index >= 15 is 0 Å². The van der Waals surface area contributed by atoms with E-state index in [9.17, 15) is 9.59 Å². The third-order valence-corrected chi connectivity index (χ3v) is 4.57. The number of hydrogen-bond acceptors (Lipinski definition) is 5. The maximum Gasteiger partial charge on any atom is 0.305 e. The van der Waals surface area contributed by atoms with Crippen molar-refractivity contribution in [3.63, 3.8) is 0 Å². The zero-order valence-corrected chi connectivity index (χ0v) is 13.3. The first kappa shape index (κ1) is 17.3. The second-order valence-electron chi connectivity index (χ2n) is 5.12. The second-order valence-corrected chi connectivity index (χ2v) is 6.26. The van der Waals surface area contributed by atoms with Crippen LogP contribution in [0, 0.1) is 0 Å². The highest BCUT2D eigenvalue weighted by Gasteiger charge is 2.19. The highest BCUT2D eigenvalue weighted by molar-refractivity contribution is 7.99. The number of ether oxygens (including phenoxy) is 1. The minimum atomic E-state index is -0.227. The summed E-state index contributed by atoms with van der Waals surface area (Å²) in [6, 6.07) is 0. The van der Waals surface area contributed by atoms with E-state index in [-0.39, 0.29) is 11.9 Å². The van der Waals surface area contributed by atoms with Crippen LogP contribution in [-0.4, -0.2) is 61.6 Å². The van der Waals surface area contributed by atoms with Gasteiger partial charge in [-0.1, -0.05) is 6.42 Å². The van der Waals surface area contributed by atoms with Gasteiger partial charge in [-0.25, -0.2) is 0 Å². The monoisotopic (exact) mass is 302 g/mol. The first-order valence-electron chi connectivity index (χ1n) is 7.24. The maximum absolute atomic E-state index is 11.9. The number of amides is 1. The van der Waals surface area contributed by atoms with Gasteiger partial charge in [-0.2, -0.15) is 11.8 Å². The lowest BCUT2D eigenvalue weighted by molar-refractivity contribution is -0.140. The minimum absolute atomic E-state index is 0.0524. The number of methoxy groups -OCH3 is 1. The molecule has 6 heteroatoms. The molecule has 1 aliphatic rings. The molecule has 0 aliphatic carbocycles. The number of rotatable bonds is 7. The second kappa shape index (κ2) is 10.0. The van der Waals surface area contributed by atoms with Crippen LogP contribution in [0.1, 0.15) is 32.1 Å². The molecule has 20 heavy (non-hydrogen) atoms. The predicted molar refractivity (Wildman–Crippen MR) is 81.9 cm³/mol.